The lowest BCUT2D eigenvalue weighted by Gasteiger charge is -2.23. The number of amides is 1. The Hall–Kier alpha value is -2.80. The molecule has 32 heavy (non-hydrogen) atoms. The maximum absolute atomic E-state index is 13.4. The minimum Gasteiger partial charge on any atom is -0.381 e. The monoisotopic (exact) mass is 434 g/mol. The summed E-state index contributed by atoms with van der Waals surface area (Å²) >= 11 is 0. The molecule has 0 radical (unpaired) electrons. The summed E-state index contributed by atoms with van der Waals surface area (Å²) in [5.41, 5.74) is 5.87. The van der Waals surface area contributed by atoms with Crippen LogP contribution in [-0.2, 0) is 9.53 Å². The lowest BCUT2D eigenvalue weighted by Crippen LogP contribution is -2.29. The van der Waals surface area contributed by atoms with Crippen LogP contribution in [0.4, 0.5) is 0 Å². The van der Waals surface area contributed by atoms with Gasteiger partial charge in [-0.2, -0.15) is 5.10 Å². The van der Waals surface area contributed by atoms with Crippen molar-refractivity contribution in [2.45, 2.75) is 64.8 Å². The third kappa shape index (κ3) is 3.90. The van der Waals surface area contributed by atoms with E-state index in [4.69, 9.17) is 14.8 Å². The molecule has 1 amide bonds. The van der Waals surface area contributed by atoms with E-state index in [9.17, 15) is 9.59 Å². The molecule has 0 atom stereocenters. The summed E-state index contributed by atoms with van der Waals surface area (Å²) in [6, 6.07) is 2.17. The molecule has 2 aliphatic carbocycles. The molecule has 1 N–H and O–H groups in total. The van der Waals surface area contributed by atoms with Gasteiger partial charge in [-0.3, -0.25) is 9.59 Å². The summed E-state index contributed by atoms with van der Waals surface area (Å²) in [5, 5.41) is 8.63. The highest BCUT2D eigenvalue weighted by atomic mass is 16.5. The van der Waals surface area contributed by atoms with Gasteiger partial charge in [-0.1, -0.05) is 11.6 Å². The van der Waals surface area contributed by atoms with Gasteiger partial charge in [0.15, 0.2) is 11.4 Å². The number of aromatic nitrogens is 3. The largest absolute Gasteiger partial charge is 0.381 e. The second-order valence-electron chi connectivity index (χ2n) is 9.38. The van der Waals surface area contributed by atoms with Crippen LogP contribution in [0.2, 0.25) is 0 Å². The number of allylic oxidation sites excluding steroid dienone is 3. The smallest absolute Gasteiger partial charge is 0.252 e. The van der Waals surface area contributed by atoms with Gasteiger partial charge in [0.1, 0.15) is 0 Å². The van der Waals surface area contributed by atoms with Crippen LogP contribution in [0.3, 0.4) is 0 Å². The quantitative estimate of drug-likeness (QED) is 0.771. The first kappa shape index (κ1) is 21.1. The SMILES string of the molecule is CC1=CC(C)=C(CNC(=O)c2cc(C3CC3)nc3c2c(C)nn3C2CCOCC2)C(=O)C1. The zero-order valence-electron chi connectivity index (χ0n) is 19.0. The maximum Gasteiger partial charge on any atom is 0.252 e. The zero-order chi connectivity index (χ0) is 22.4. The van der Waals surface area contributed by atoms with Crippen LogP contribution >= 0.6 is 0 Å². The number of ether oxygens (including phenoxy) is 1. The van der Waals surface area contributed by atoms with Crippen LogP contribution in [0, 0.1) is 6.92 Å². The number of hydrogen-bond donors (Lipinski definition) is 1. The van der Waals surface area contributed by atoms with Gasteiger partial charge < -0.3 is 10.1 Å². The standard InChI is InChI=1S/C25H30N4O3/c1-14-10-15(2)20(22(30)11-14)13-26-25(31)19-12-21(17-4-5-17)27-24-23(19)16(3)28-29(24)18-6-8-32-9-7-18/h10,12,17-18H,4-9,11,13H2,1-3H3,(H,26,31). The second-order valence-corrected chi connectivity index (χ2v) is 9.38. The Bertz CT molecular complexity index is 1160. The van der Waals surface area contributed by atoms with Crippen molar-refractivity contribution in [1.29, 1.82) is 0 Å². The highest BCUT2D eigenvalue weighted by molar-refractivity contribution is 6.07. The number of hydrogen-bond acceptors (Lipinski definition) is 5. The lowest BCUT2D eigenvalue weighted by molar-refractivity contribution is -0.115. The summed E-state index contributed by atoms with van der Waals surface area (Å²) in [6.07, 6.45) is 6.46. The van der Waals surface area contributed by atoms with Gasteiger partial charge in [0.25, 0.3) is 5.91 Å². The first-order valence-electron chi connectivity index (χ1n) is 11.6. The Kier molecular flexibility index (Phi) is 5.45. The molecule has 0 aromatic carbocycles. The first-order chi connectivity index (χ1) is 15.4. The van der Waals surface area contributed by atoms with Crippen molar-refractivity contribution in [3.63, 3.8) is 0 Å². The van der Waals surface area contributed by atoms with Crippen LogP contribution in [0.1, 0.15) is 79.7 Å². The van der Waals surface area contributed by atoms with Crippen LogP contribution in [0.15, 0.2) is 28.9 Å². The van der Waals surface area contributed by atoms with Gasteiger partial charge in [0.05, 0.1) is 22.7 Å². The predicted octanol–water partition coefficient (Wildman–Crippen LogP) is 3.93. The van der Waals surface area contributed by atoms with Gasteiger partial charge in [-0.25, -0.2) is 9.67 Å². The second kappa shape index (κ2) is 8.28. The maximum atomic E-state index is 13.4. The number of carbonyl (C=O) groups excluding carboxylic acids is 2. The zero-order valence-corrected chi connectivity index (χ0v) is 19.0. The van der Waals surface area contributed by atoms with Crippen LogP contribution in [0.25, 0.3) is 11.0 Å². The summed E-state index contributed by atoms with van der Waals surface area (Å²) in [5.74, 6) is 0.334. The van der Waals surface area contributed by atoms with Crippen LogP contribution in [-0.4, -0.2) is 46.2 Å². The minimum absolute atomic E-state index is 0.0878. The van der Waals surface area contributed by atoms with E-state index < -0.39 is 0 Å². The Morgan fingerprint density at radius 3 is 2.62 bits per heavy atom. The molecule has 168 valence electrons. The topological polar surface area (TPSA) is 86.1 Å². The summed E-state index contributed by atoms with van der Waals surface area (Å²) in [4.78, 5) is 30.8. The molecule has 2 aromatic heterocycles. The van der Waals surface area contributed by atoms with Gasteiger partial charge in [0, 0.05) is 43.4 Å². The number of fused-ring (bicyclic) bond motifs is 1. The molecule has 1 aliphatic heterocycles. The van der Waals surface area contributed by atoms with E-state index in [0.29, 0.717) is 23.5 Å². The fraction of sp³-hybridized carbons (Fsp3) is 0.520. The predicted molar refractivity (Wildman–Crippen MR) is 122 cm³/mol. The average molecular weight is 435 g/mol. The van der Waals surface area contributed by atoms with Crippen molar-refractivity contribution >= 4 is 22.7 Å². The van der Waals surface area contributed by atoms with Gasteiger partial charge in [-0.15, -0.1) is 0 Å². The Balaban J connectivity index is 1.50. The molecule has 1 saturated carbocycles. The highest BCUT2D eigenvalue weighted by Crippen LogP contribution is 2.41. The normalized spacial score (nSPS) is 20.1. The van der Waals surface area contributed by atoms with Crippen molar-refractivity contribution < 1.29 is 14.3 Å². The number of aryl methyl sites for hydroxylation is 1. The molecule has 0 spiro atoms. The number of pyridine rings is 1. The molecular formula is C25H30N4O3. The molecule has 0 unspecified atom stereocenters. The van der Waals surface area contributed by atoms with E-state index in [1.54, 1.807) is 0 Å². The summed E-state index contributed by atoms with van der Waals surface area (Å²) < 4.78 is 7.54. The Morgan fingerprint density at radius 1 is 1.19 bits per heavy atom. The minimum atomic E-state index is -0.173. The molecule has 5 rings (SSSR count). The van der Waals surface area contributed by atoms with Crippen molar-refractivity contribution in [2.75, 3.05) is 19.8 Å². The van der Waals surface area contributed by atoms with Gasteiger partial charge in [0.2, 0.25) is 0 Å². The summed E-state index contributed by atoms with van der Waals surface area (Å²) in [7, 11) is 0. The molecule has 7 nitrogen and oxygen atoms in total. The molecular weight excluding hydrogens is 404 g/mol. The number of nitrogens with zero attached hydrogens (tertiary/aromatic N) is 3. The molecule has 1 saturated heterocycles. The first-order valence-corrected chi connectivity index (χ1v) is 11.6. The van der Waals surface area contributed by atoms with E-state index in [1.165, 1.54) is 0 Å². The van der Waals surface area contributed by atoms with Gasteiger partial charge >= 0.3 is 0 Å². The average Bonchev–Trinajstić information content (AvgIpc) is 3.56. The van der Waals surface area contributed by atoms with Crippen molar-refractivity contribution in [1.82, 2.24) is 20.1 Å². The van der Waals surface area contributed by atoms with E-state index >= 15 is 0 Å². The number of ketones is 1. The molecule has 3 heterocycles. The van der Waals surface area contributed by atoms with Crippen LogP contribution in [0.5, 0.6) is 0 Å². The fourth-order valence-corrected chi connectivity index (χ4v) is 4.87. The van der Waals surface area contributed by atoms with Crippen LogP contribution < -0.4 is 5.32 Å². The van der Waals surface area contributed by atoms with Crippen molar-refractivity contribution in [2.24, 2.45) is 0 Å². The van der Waals surface area contributed by atoms with Crippen molar-refractivity contribution in [3.8, 4) is 0 Å². The van der Waals surface area contributed by atoms with E-state index in [1.807, 2.05) is 37.6 Å². The molecule has 2 aromatic rings. The third-order valence-electron chi connectivity index (χ3n) is 6.77. The summed E-state index contributed by atoms with van der Waals surface area (Å²) in [6.45, 7) is 7.51. The Labute approximate surface area is 187 Å². The highest BCUT2D eigenvalue weighted by Gasteiger charge is 2.30. The number of Topliss-reactive ketones (excluding diaryl/α,β-unsaturated/α-hetero) is 1. The van der Waals surface area contributed by atoms with Crippen molar-refractivity contribution in [3.05, 3.63) is 45.8 Å². The van der Waals surface area contributed by atoms with E-state index in [-0.39, 0.29) is 24.3 Å². The Morgan fingerprint density at radius 2 is 1.94 bits per heavy atom. The molecule has 0 bridgehead atoms. The number of nitrogens with one attached hydrogen (secondary N) is 1. The van der Waals surface area contributed by atoms with E-state index in [2.05, 4.69) is 5.32 Å². The fourth-order valence-electron chi connectivity index (χ4n) is 4.87. The third-order valence-corrected chi connectivity index (χ3v) is 6.77. The number of rotatable bonds is 5. The molecule has 7 heteroatoms. The lowest BCUT2D eigenvalue weighted by atomic mass is 9.92. The molecule has 3 aliphatic rings. The van der Waals surface area contributed by atoms with Gasteiger partial charge in [-0.05, 0) is 58.1 Å². The van der Waals surface area contributed by atoms with E-state index in [0.717, 1.165) is 72.5 Å². The number of carbonyl (C=O) groups is 2. The molecule has 2 fully saturated rings.